The second-order valence-corrected chi connectivity index (χ2v) is 8.10. The summed E-state index contributed by atoms with van der Waals surface area (Å²) in [7, 11) is 0. The molecule has 4 nitrogen and oxygen atoms in total. The molecule has 0 aliphatic carbocycles. The van der Waals surface area contributed by atoms with Gasteiger partial charge in [-0.15, -0.1) is 0 Å². The van der Waals surface area contributed by atoms with E-state index in [0.29, 0.717) is 24.2 Å². The van der Waals surface area contributed by atoms with Crippen LogP contribution >= 0.6 is 23.2 Å². The molecular formula is C21H27Cl2N3O. The van der Waals surface area contributed by atoms with E-state index in [1.54, 1.807) is 10.6 Å². The molecule has 2 aromatic rings. The fourth-order valence-corrected chi connectivity index (χ4v) is 4.45. The Hall–Kier alpha value is -1.49. The van der Waals surface area contributed by atoms with Crippen molar-refractivity contribution in [2.75, 3.05) is 12.3 Å². The van der Waals surface area contributed by atoms with Crippen LogP contribution in [0.4, 0.5) is 5.69 Å². The highest BCUT2D eigenvalue weighted by molar-refractivity contribution is 6.34. The van der Waals surface area contributed by atoms with E-state index in [1.165, 1.54) is 25.7 Å². The number of pyridine rings is 1. The molecule has 146 valence electrons. The van der Waals surface area contributed by atoms with Crippen molar-refractivity contribution in [1.82, 2.24) is 9.47 Å². The lowest BCUT2D eigenvalue weighted by molar-refractivity contribution is 0.227. The molecule has 2 heterocycles. The Morgan fingerprint density at radius 2 is 1.93 bits per heavy atom. The van der Waals surface area contributed by atoms with Gasteiger partial charge in [-0.05, 0) is 56.0 Å². The van der Waals surface area contributed by atoms with Crippen LogP contribution in [0.3, 0.4) is 0 Å². The van der Waals surface area contributed by atoms with Crippen molar-refractivity contribution in [2.24, 2.45) is 0 Å². The molecular weight excluding hydrogens is 381 g/mol. The van der Waals surface area contributed by atoms with Crippen molar-refractivity contribution in [3.8, 4) is 0 Å². The molecule has 0 amide bonds. The number of nitrogens with two attached hydrogens (primary N) is 1. The molecule has 1 atom stereocenters. The fourth-order valence-electron chi connectivity index (χ4n) is 3.92. The zero-order chi connectivity index (χ0) is 19.4. The summed E-state index contributed by atoms with van der Waals surface area (Å²) in [6.07, 6.45) is 5.49. The van der Waals surface area contributed by atoms with E-state index in [1.807, 2.05) is 24.3 Å². The van der Waals surface area contributed by atoms with Crippen LogP contribution in [-0.4, -0.2) is 22.1 Å². The molecule has 1 aliphatic heterocycles. The molecule has 0 radical (unpaired) electrons. The average Bonchev–Trinajstić information content (AvgIpc) is 3.08. The van der Waals surface area contributed by atoms with Crippen LogP contribution in [0.15, 0.2) is 35.1 Å². The standard InChI is InChI=1S/C21H27Cl2N3O/c1-2-4-17-5-3-11-25(17)14-20-18(22)13-19(23)21(27)26(20)12-10-15-6-8-16(24)9-7-15/h6-9,13,17H,2-5,10-12,14,24H2,1H3/t17-/m0/s1. The Balaban J connectivity index is 1.85. The number of likely N-dealkylation sites (tertiary alicyclic amines) is 1. The summed E-state index contributed by atoms with van der Waals surface area (Å²) in [4.78, 5) is 15.2. The Labute approximate surface area is 170 Å². The number of anilines is 1. The molecule has 1 aliphatic rings. The fraction of sp³-hybridized carbons (Fsp3) is 0.476. The van der Waals surface area contributed by atoms with Crippen LogP contribution < -0.4 is 11.3 Å². The van der Waals surface area contributed by atoms with Gasteiger partial charge in [0.05, 0.1) is 10.7 Å². The first-order valence-corrected chi connectivity index (χ1v) is 10.4. The minimum Gasteiger partial charge on any atom is -0.399 e. The zero-order valence-corrected chi connectivity index (χ0v) is 17.3. The Bertz CT molecular complexity index is 833. The van der Waals surface area contributed by atoms with Gasteiger partial charge in [0, 0.05) is 24.8 Å². The second kappa shape index (κ2) is 9.13. The van der Waals surface area contributed by atoms with Gasteiger partial charge in [-0.3, -0.25) is 9.69 Å². The molecule has 2 N–H and O–H groups in total. The van der Waals surface area contributed by atoms with E-state index in [9.17, 15) is 4.79 Å². The first-order valence-electron chi connectivity index (χ1n) is 9.65. The SMILES string of the molecule is CCC[C@H]1CCCN1Cc1c(Cl)cc(Cl)c(=O)n1CCc1ccc(N)cc1. The summed E-state index contributed by atoms with van der Waals surface area (Å²) in [5, 5.41) is 0.742. The maximum Gasteiger partial charge on any atom is 0.269 e. The Morgan fingerprint density at radius 3 is 2.63 bits per heavy atom. The van der Waals surface area contributed by atoms with Crippen molar-refractivity contribution in [3.05, 3.63) is 62.0 Å². The molecule has 27 heavy (non-hydrogen) atoms. The number of nitrogens with zero attached hydrogens (tertiary/aromatic N) is 2. The van der Waals surface area contributed by atoms with E-state index in [-0.39, 0.29) is 10.6 Å². The van der Waals surface area contributed by atoms with Crippen LogP contribution in [0.2, 0.25) is 10.0 Å². The van der Waals surface area contributed by atoms with Crippen molar-refractivity contribution < 1.29 is 0 Å². The van der Waals surface area contributed by atoms with Crippen molar-refractivity contribution in [1.29, 1.82) is 0 Å². The average molecular weight is 408 g/mol. The van der Waals surface area contributed by atoms with Crippen LogP contribution in [0.25, 0.3) is 0 Å². The van der Waals surface area contributed by atoms with E-state index < -0.39 is 0 Å². The predicted molar refractivity (Wildman–Crippen MR) is 114 cm³/mol. The summed E-state index contributed by atoms with van der Waals surface area (Å²) in [5.74, 6) is 0. The summed E-state index contributed by atoms with van der Waals surface area (Å²) in [6, 6.07) is 9.90. The van der Waals surface area contributed by atoms with Gasteiger partial charge in [0.2, 0.25) is 0 Å². The number of aromatic nitrogens is 1. The van der Waals surface area contributed by atoms with E-state index in [4.69, 9.17) is 28.9 Å². The minimum absolute atomic E-state index is 0.169. The van der Waals surface area contributed by atoms with Gasteiger partial charge >= 0.3 is 0 Å². The predicted octanol–water partition coefficient (Wildman–Crippen LogP) is 4.74. The van der Waals surface area contributed by atoms with Gasteiger partial charge in [0.1, 0.15) is 5.02 Å². The molecule has 0 spiro atoms. The molecule has 3 rings (SSSR count). The van der Waals surface area contributed by atoms with Gasteiger partial charge in [-0.25, -0.2) is 0 Å². The topological polar surface area (TPSA) is 51.3 Å². The summed E-state index contributed by atoms with van der Waals surface area (Å²) >= 11 is 12.7. The molecule has 1 fully saturated rings. The number of nitrogen functional groups attached to an aromatic ring is 1. The molecule has 6 heteroatoms. The van der Waals surface area contributed by atoms with Gasteiger partial charge in [-0.1, -0.05) is 48.7 Å². The number of hydrogen-bond acceptors (Lipinski definition) is 3. The number of halogens is 2. The van der Waals surface area contributed by atoms with Crippen molar-refractivity contribution in [2.45, 2.75) is 58.2 Å². The third-order valence-corrected chi connectivity index (χ3v) is 5.98. The minimum atomic E-state index is -0.169. The molecule has 0 bridgehead atoms. The van der Waals surface area contributed by atoms with E-state index in [0.717, 1.165) is 29.9 Å². The van der Waals surface area contributed by atoms with E-state index >= 15 is 0 Å². The Morgan fingerprint density at radius 1 is 1.19 bits per heavy atom. The smallest absolute Gasteiger partial charge is 0.269 e. The normalized spacial score (nSPS) is 17.5. The van der Waals surface area contributed by atoms with Crippen molar-refractivity contribution >= 4 is 28.9 Å². The number of aryl methyl sites for hydroxylation is 1. The molecule has 1 saturated heterocycles. The third-order valence-electron chi connectivity index (χ3n) is 5.38. The quantitative estimate of drug-likeness (QED) is 0.673. The summed E-state index contributed by atoms with van der Waals surface area (Å²) in [5.41, 5.74) is 8.31. The first kappa shape index (κ1) is 20.2. The number of benzene rings is 1. The maximum absolute atomic E-state index is 12.7. The Kier molecular flexibility index (Phi) is 6.85. The van der Waals surface area contributed by atoms with E-state index in [2.05, 4.69) is 11.8 Å². The van der Waals surface area contributed by atoms with Crippen molar-refractivity contribution in [3.63, 3.8) is 0 Å². The first-order chi connectivity index (χ1) is 13.0. The maximum atomic E-state index is 12.7. The zero-order valence-electron chi connectivity index (χ0n) is 15.8. The second-order valence-electron chi connectivity index (χ2n) is 7.29. The van der Waals surface area contributed by atoms with Gasteiger partial charge in [0.25, 0.3) is 5.56 Å². The molecule has 1 aromatic carbocycles. The monoisotopic (exact) mass is 407 g/mol. The van der Waals surface area contributed by atoms with Gasteiger partial charge in [-0.2, -0.15) is 0 Å². The summed E-state index contributed by atoms with van der Waals surface area (Å²) < 4.78 is 1.75. The van der Waals surface area contributed by atoms with Gasteiger partial charge < -0.3 is 10.3 Å². The number of rotatable bonds is 7. The van der Waals surface area contributed by atoms with Gasteiger partial charge in [0.15, 0.2) is 0 Å². The van der Waals surface area contributed by atoms with Crippen LogP contribution in [-0.2, 0) is 19.5 Å². The molecule has 0 unspecified atom stereocenters. The highest BCUT2D eigenvalue weighted by Gasteiger charge is 2.26. The number of hydrogen-bond donors (Lipinski definition) is 1. The lowest BCUT2D eigenvalue weighted by Crippen LogP contribution is -2.33. The van der Waals surface area contributed by atoms with Crippen LogP contribution in [0, 0.1) is 0 Å². The highest BCUT2D eigenvalue weighted by atomic mass is 35.5. The third kappa shape index (κ3) is 4.87. The largest absolute Gasteiger partial charge is 0.399 e. The van der Waals surface area contributed by atoms with Crippen LogP contribution in [0.1, 0.15) is 43.9 Å². The molecule has 0 saturated carbocycles. The lowest BCUT2D eigenvalue weighted by Gasteiger charge is -2.26. The van der Waals surface area contributed by atoms with Crippen LogP contribution in [0.5, 0.6) is 0 Å². The highest BCUT2D eigenvalue weighted by Crippen LogP contribution is 2.27. The summed E-state index contributed by atoms with van der Waals surface area (Å²) in [6.45, 7) is 4.51. The lowest BCUT2D eigenvalue weighted by atomic mass is 10.1. The molecule has 1 aromatic heterocycles.